The molecule has 4 aliphatic rings. The molecule has 10 nitrogen and oxygen atoms in total. The fraction of sp³-hybridized carbons (Fsp3) is 0.594. The number of hydrogen-bond donors (Lipinski definition) is 1. The number of nitrogens with one attached hydrogen (secondary N) is 1. The number of ether oxygens (including phenoxy) is 3. The second-order valence-corrected chi connectivity index (χ2v) is 13.4. The van der Waals surface area contributed by atoms with Crippen molar-refractivity contribution in [3.63, 3.8) is 0 Å². The predicted octanol–water partition coefficient (Wildman–Crippen LogP) is 4.76. The molecule has 2 aliphatic carbocycles. The van der Waals surface area contributed by atoms with Crippen LogP contribution in [-0.4, -0.2) is 70.8 Å². The van der Waals surface area contributed by atoms with E-state index in [1.807, 2.05) is 0 Å². The van der Waals surface area contributed by atoms with Gasteiger partial charge < -0.3 is 24.4 Å². The maximum atomic E-state index is 15.8. The summed E-state index contributed by atoms with van der Waals surface area (Å²) in [6.07, 6.45) is 2.96. The first-order valence-electron chi connectivity index (χ1n) is 15.2. The van der Waals surface area contributed by atoms with Gasteiger partial charge in [-0.05, 0) is 67.1 Å². The van der Waals surface area contributed by atoms with Gasteiger partial charge in [0.05, 0.1) is 24.7 Å². The first-order valence-corrected chi connectivity index (χ1v) is 15.2. The molecule has 0 spiro atoms. The number of fused-ring (bicyclic) bond motifs is 7. The number of carbonyl (C=O) groups is 3. The normalized spacial score (nSPS) is 32.6. The zero-order valence-corrected chi connectivity index (χ0v) is 25.3. The highest BCUT2D eigenvalue weighted by Crippen LogP contribution is 2.57. The Morgan fingerprint density at radius 1 is 1.07 bits per heavy atom. The van der Waals surface area contributed by atoms with Gasteiger partial charge in [-0.3, -0.25) is 4.79 Å². The monoisotopic (exact) mass is 612 g/mol. The first-order chi connectivity index (χ1) is 20.9. The fourth-order valence-corrected chi connectivity index (χ4v) is 6.98. The zero-order chi connectivity index (χ0) is 31.4. The van der Waals surface area contributed by atoms with Crippen molar-refractivity contribution in [2.45, 2.75) is 83.1 Å². The van der Waals surface area contributed by atoms with Crippen LogP contribution in [0.3, 0.4) is 0 Å². The Bertz CT molecular complexity index is 1490. The lowest BCUT2D eigenvalue weighted by Crippen LogP contribution is -2.57. The number of benzene rings is 1. The lowest BCUT2D eigenvalue weighted by molar-refractivity contribution is -0.152. The van der Waals surface area contributed by atoms with E-state index in [1.54, 1.807) is 45.0 Å². The van der Waals surface area contributed by atoms with E-state index in [0.717, 1.165) is 12.5 Å². The minimum Gasteiger partial charge on any atom is -0.471 e. The van der Waals surface area contributed by atoms with Gasteiger partial charge in [0.15, 0.2) is 5.69 Å². The van der Waals surface area contributed by atoms with E-state index in [-0.39, 0.29) is 36.4 Å². The number of alkyl carbamates (subject to hydrolysis) is 1. The number of aromatic nitrogens is 2. The number of alkyl halides is 2. The number of allylic oxidation sites excluding steroid dienone is 2. The second-order valence-electron chi connectivity index (χ2n) is 13.4. The van der Waals surface area contributed by atoms with E-state index in [0.29, 0.717) is 36.6 Å². The van der Waals surface area contributed by atoms with Crippen LogP contribution in [0.25, 0.3) is 11.0 Å². The Labute approximate surface area is 254 Å². The topological polar surface area (TPSA) is 120 Å². The first kappa shape index (κ1) is 30.2. The highest BCUT2D eigenvalue weighted by molar-refractivity contribution is 5.91. The maximum absolute atomic E-state index is 15.8. The van der Waals surface area contributed by atoms with Crippen LogP contribution in [0.5, 0.6) is 5.88 Å². The molecule has 3 fully saturated rings. The van der Waals surface area contributed by atoms with Gasteiger partial charge in [0, 0.05) is 6.42 Å². The fourth-order valence-electron chi connectivity index (χ4n) is 6.98. The summed E-state index contributed by atoms with van der Waals surface area (Å²) in [5.41, 5.74) is -0.741. The molecule has 2 aliphatic heterocycles. The van der Waals surface area contributed by atoms with E-state index >= 15 is 8.78 Å². The van der Waals surface area contributed by atoms with Crippen LogP contribution in [0, 0.1) is 23.2 Å². The van der Waals surface area contributed by atoms with Crippen LogP contribution in [0.2, 0.25) is 0 Å². The number of amides is 2. The summed E-state index contributed by atoms with van der Waals surface area (Å²) < 4.78 is 48.6. The van der Waals surface area contributed by atoms with Gasteiger partial charge >= 0.3 is 18.0 Å². The number of rotatable bonds is 1. The Hall–Kier alpha value is -3.83. The lowest BCUT2D eigenvalue weighted by atomic mass is 9.85. The van der Waals surface area contributed by atoms with E-state index in [1.165, 1.54) is 18.1 Å². The molecule has 44 heavy (non-hydrogen) atoms. The van der Waals surface area contributed by atoms with Crippen LogP contribution in [0.15, 0.2) is 36.4 Å². The standard InChI is InChI=1S/C32H38F2N4O6/c1-31(2,3)26-28(39)38-16-18(15-23(38)29(40)42-4)43-27-25(35-21-10-5-6-11-22(21)36-27)32(33,34)12-8-7-9-19-20-13-17(20)14-24(19)44-30(41)37-26/h5-6,8,10-12,17-20,23-24,26H,7,9,13-16H2,1-4H3,(H,37,41)/b12-8+/t17-,18+,19+,20-,23-,24+,26+/m0/s1. The molecule has 2 amide bonds. The summed E-state index contributed by atoms with van der Waals surface area (Å²) in [5, 5.41) is 2.78. The second kappa shape index (κ2) is 11.3. The molecule has 2 saturated carbocycles. The Morgan fingerprint density at radius 2 is 1.80 bits per heavy atom. The SMILES string of the molecule is COC(=O)[C@@H]1C[C@@H]2CN1C(=O)[C@H](C(C)(C)C)NC(=O)O[C@@H]1C[C@@H]3C[C@@H]3[C@H]1CC/C=C/C(F)(F)c1nc3ccccc3nc1O2. The lowest BCUT2D eigenvalue weighted by Gasteiger charge is -2.35. The van der Waals surface area contributed by atoms with Crippen molar-refractivity contribution in [1.29, 1.82) is 0 Å². The predicted molar refractivity (Wildman–Crippen MR) is 155 cm³/mol. The van der Waals surface area contributed by atoms with Crippen molar-refractivity contribution < 1.29 is 37.4 Å². The number of esters is 1. The highest BCUT2D eigenvalue weighted by Gasteiger charge is 2.55. The minimum absolute atomic E-state index is 0.0262. The summed E-state index contributed by atoms with van der Waals surface area (Å²) >= 11 is 0. The molecule has 1 saturated heterocycles. The van der Waals surface area contributed by atoms with Gasteiger partial charge in [-0.25, -0.2) is 19.6 Å². The highest BCUT2D eigenvalue weighted by atomic mass is 19.3. The third kappa shape index (κ3) is 5.82. The van der Waals surface area contributed by atoms with Crippen molar-refractivity contribution in [2.24, 2.45) is 23.2 Å². The maximum Gasteiger partial charge on any atom is 0.408 e. The van der Waals surface area contributed by atoms with Crippen LogP contribution >= 0.6 is 0 Å². The molecule has 1 aromatic heterocycles. The number of nitrogens with zero attached hydrogens (tertiary/aromatic N) is 3. The van der Waals surface area contributed by atoms with Gasteiger partial charge in [-0.15, -0.1) is 0 Å². The molecular weight excluding hydrogens is 574 g/mol. The summed E-state index contributed by atoms with van der Waals surface area (Å²) in [6.45, 7) is 5.29. The van der Waals surface area contributed by atoms with Gasteiger partial charge in [0.2, 0.25) is 11.8 Å². The third-order valence-corrected chi connectivity index (χ3v) is 9.32. The Balaban J connectivity index is 1.40. The molecule has 1 aromatic carbocycles. The molecule has 12 heteroatoms. The minimum atomic E-state index is -3.52. The Kier molecular flexibility index (Phi) is 7.73. The molecule has 236 valence electrons. The molecular formula is C32H38F2N4O6. The summed E-state index contributed by atoms with van der Waals surface area (Å²) in [5.74, 6) is -4.22. The average Bonchev–Trinajstić information content (AvgIpc) is 3.46. The van der Waals surface area contributed by atoms with Crippen LogP contribution in [0.1, 0.15) is 58.6 Å². The smallest absolute Gasteiger partial charge is 0.408 e. The van der Waals surface area contributed by atoms with Gasteiger partial charge in [-0.1, -0.05) is 39.0 Å². The number of halogens is 2. The molecule has 1 N–H and O–H groups in total. The van der Waals surface area contributed by atoms with Gasteiger partial charge in [0.25, 0.3) is 0 Å². The van der Waals surface area contributed by atoms with E-state index < -0.39 is 53.2 Å². The number of methoxy groups -OCH3 is 1. The summed E-state index contributed by atoms with van der Waals surface area (Å²) in [6, 6.07) is 4.55. The van der Waals surface area contributed by atoms with Crippen molar-refractivity contribution in [3.05, 3.63) is 42.1 Å². The van der Waals surface area contributed by atoms with E-state index in [4.69, 9.17) is 14.2 Å². The van der Waals surface area contributed by atoms with Gasteiger partial charge in [-0.2, -0.15) is 8.78 Å². The molecule has 0 unspecified atom stereocenters. The largest absolute Gasteiger partial charge is 0.471 e. The van der Waals surface area contributed by atoms with E-state index in [9.17, 15) is 14.4 Å². The quantitative estimate of drug-likeness (QED) is 0.362. The average molecular weight is 613 g/mol. The molecule has 2 aromatic rings. The van der Waals surface area contributed by atoms with Crippen molar-refractivity contribution >= 4 is 29.0 Å². The molecule has 2 bridgehead atoms. The Morgan fingerprint density at radius 3 is 2.50 bits per heavy atom. The van der Waals surface area contributed by atoms with Gasteiger partial charge in [0.1, 0.15) is 24.3 Å². The molecule has 7 atom stereocenters. The zero-order valence-electron chi connectivity index (χ0n) is 25.3. The van der Waals surface area contributed by atoms with Crippen molar-refractivity contribution in [3.8, 4) is 5.88 Å². The van der Waals surface area contributed by atoms with E-state index in [2.05, 4.69) is 15.3 Å². The van der Waals surface area contributed by atoms with Crippen LogP contribution in [-0.2, 0) is 25.0 Å². The molecule has 3 heterocycles. The van der Waals surface area contributed by atoms with Crippen LogP contribution < -0.4 is 10.1 Å². The summed E-state index contributed by atoms with van der Waals surface area (Å²) in [4.78, 5) is 50.1. The van der Waals surface area contributed by atoms with Crippen molar-refractivity contribution in [1.82, 2.24) is 20.2 Å². The molecule has 6 rings (SSSR count). The number of carbonyl (C=O) groups excluding carboxylic acids is 3. The number of hydrogen-bond acceptors (Lipinski definition) is 8. The summed E-state index contributed by atoms with van der Waals surface area (Å²) in [7, 11) is 1.21. The van der Waals surface area contributed by atoms with Crippen LogP contribution in [0.4, 0.5) is 13.6 Å². The third-order valence-electron chi connectivity index (χ3n) is 9.32. The number of para-hydroxylation sites is 2. The molecule has 0 radical (unpaired) electrons. The van der Waals surface area contributed by atoms with Crippen molar-refractivity contribution in [2.75, 3.05) is 13.7 Å².